The smallest absolute Gasteiger partial charge is 0.182 e. The molecule has 1 unspecified atom stereocenters. The molecule has 0 aromatic carbocycles. The van der Waals surface area contributed by atoms with Crippen LogP contribution >= 0.6 is 0 Å². The van der Waals surface area contributed by atoms with Crippen LogP contribution in [0.25, 0.3) is 0 Å². The average Bonchev–Trinajstić information content (AvgIpc) is 2.04. The number of sulfone groups is 1. The molecule has 0 saturated carbocycles. The van der Waals surface area contributed by atoms with Crippen LogP contribution in [0.3, 0.4) is 0 Å². The Morgan fingerprint density at radius 1 is 1.62 bits per heavy atom. The second kappa shape index (κ2) is 3.85. The average molecular weight is 201 g/mol. The van der Waals surface area contributed by atoms with Crippen molar-refractivity contribution < 1.29 is 13.5 Å². The molecule has 1 N–H and O–H groups in total. The molecule has 0 aliphatic carbocycles. The molecule has 1 atom stereocenters. The van der Waals surface area contributed by atoms with E-state index in [4.69, 9.17) is 5.11 Å². The van der Waals surface area contributed by atoms with Gasteiger partial charge in [0.05, 0.1) is 16.8 Å². The van der Waals surface area contributed by atoms with Crippen molar-refractivity contribution in [1.29, 1.82) is 0 Å². The van der Waals surface area contributed by atoms with Crippen molar-refractivity contribution >= 4 is 9.84 Å². The Hall–Kier alpha value is -0.940. The maximum Gasteiger partial charge on any atom is 0.182 e. The number of rotatable bonds is 3. The van der Waals surface area contributed by atoms with Gasteiger partial charge in [-0.2, -0.15) is 0 Å². The van der Waals surface area contributed by atoms with Gasteiger partial charge >= 0.3 is 0 Å². The highest BCUT2D eigenvalue weighted by molar-refractivity contribution is 7.91. The first-order chi connectivity index (χ1) is 6.02. The maximum absolute atomic E-state index is 11.4. The van der Waals surface area contributed by atoms with Gasteiger partial charge in [-0.25, -0.2) is 8.42 Å². The van der Waals surface area contributed by atoms with Crippen LogP contribution in [0.4, 0.5) is 0 Å². The normalized spacial score (nSPS) is 14.0. The summed E-state index contributed by atoms with van der Waals surface area (Å²) in [6.07, 6.45) is 1.92. The quantitative estimate of drug-likeness (QED) is 0.760. The number of aromatic nitrogens is 1. The van der Waals surface area contributed by atoms with Crippen molar-refractivity contribution in [3.63, 3.8) is 0 Å². The first kappa shape index (κ1) is 10.1. The molecule has 0 aliphatic rings. The summed E-state index contributed by atoms with van der Waals surface area (Å²) in [6, 6.07) is 3.01. The summed E-state index contributed by atoms with van der Waals surface area (Å²) in [7, 11) is -3.37. The van der Waals surface area contributed by atoms with Crippen molar-refractivity contribution in [2.24, 2.45) is 0 Å². The van der Waals surface area contributed by atoms with Crippen LogP contribution in [0, 0.1) is 0 Å². The minimum absolute atomic E-state index is 0.149. The summed E-state index contributed by atoms with van der Waals surface area (Å²) in [5.41, 5.74) is 0. The zero-order chi connectivity index (χ0) is 9.90. The molecule has 0 saturated heterocycles. The SMILES string of the molecule is CC(O)CS(=O)(=O)c1cccnc1. The molecule has 1 heterocycles. The lowest BCUT2D eigenvalue weighted by Crippen LogP contribution is -2.17. The van der Waals surface area contributed by atoms with E-state index in [-0.39, 0.29) is 10.6 Å². The Bertz CT molecular complexity index is 358. The first-order valence-electron chi connectivity index (χ1n) is 3.83. The summed E-state index contributed by atoms with van der Waals surface area (Å²) in [5, 5.41) is 8.95. The van der Waals surface area contributed by atoms with Crippen molar-refractivity contribution in [2.45, 2.75) is 17.9 Å². The number of pyridine rings is 1. The Labute approximate surface area is 77.2 Å². The third-order valence-corrected chi connectivity index (χ3v) is 3.34. The number of hydrogen-bond acceptors (Lipinski definition) is 4. The van der Waals surface area contributed by atoms with Crippen molar-refractivity contribution in [1.82, 2.24) is 4.98 Å². The molecular weight excluding hydrogens is 190 g/mol. The van der Waals surface area contributed by atoms with Crippen LogP contribution in [-0.2, 0) is 9.84 Å². The molecule has 5 heteroatoms. The summed E-state index contributed by atoms with van der Waals surface area (Å²) in [4.78, 5) is 3.85. The zero-order valence-electron chi connectivity index (χ0n) is 7.21. The van der Waals surface area contributed by atoms with Gasteiger partial charge in [-0.3, -0.25) is 4.98 Å². The van der Waals surface area contributed by atoms with Gasteiger partial charge in [0.1, 0.15) is 0 Å². The molecule has 1 aromatic rings. The fourth-order valence-corrected chi connectivity index (χ4v) is 2.28. The Morgan fingerprint density at radius 2 is 2.31 bits per heavy atom. The molecule has 0 aliphatic heterocycles. The van der Waals surface area contributed by atoms with E-state index in [1.54, 1.807) is 6.07 Å². The first-order valence-corrected chi connectivity index (χ1v) is 5.48. The molecule has 1 rings (SSSR count). The Kier molecular flexibility index (Phi) is 3.00. The molecule has 0 spiro atoms. The molecule has 0 radical (unpaired) electrons. The lowest BCUT2D eigenvalue weighted by molar-refractivity contribution is 0.218. The third-order valence-electron chi connectivity index (χ3n) is 1.45. The fourth-order valence-electron chi connectivity index (χ4n) is 0.945. The maximum atomic E-state index is 11.4. The van der Waals surface area contributed by atoms with Crippen molar-refractivity contribution in [3.05, 3.63) is 24.5 Å². The van der Waals surface area contributed by atoms with E-state index in [1.807, 2.05) is 0 Å². The highest BCUT2D eigenvalue weighted by Gasteiger charge is 2.16. The van der Waals surface area contributed by atoms with E-state index in [9.17, 15) is 8.42 Å². The molecule has 4 nitrogen and oxygen atoms in total. The van der Waals surface area contributed by atoms with Gasteiger partial charge in [-0.15, -0.1) is 0 Å². The van der Waals surface area contributed by atoms with Crippen LogP contribution < -0.4 is 0 Å². The van der Waals surface area contributed by atoms with Crippen molar-refractivity contribution in [3.8, 4) is 0 Å². The Balaban J connectivity index is 2.96. The van der Waals surface area contributed by atoms with Gasteiger partial charge in [-0.05, 0) is 19.1 Å². The summed E-state index contributed by atoms with van der Waals surface area (Å²) < 4.78 is 22.9. The van der Waals surface area contributed by atoms with Gasteiger partial charge in [0.25, 0.3) is 0 Å². The lowest BCUT2D eigenvalue weighted by Gasteiger charge is -2.04. The second-order valence-corrected chi connectivity index (χ2v) is 4.85. The van der Waals surface area contributed by atoms with E-state index in [2.05, 4.69) is 4.98 Å². The number of hydrogen-bond donors (Lipinski definition) is 1. The second-order valence-electron chi connectivity index (χ2n) is 2.82. The van der Waals surface area contributed by atoms with E-state index < -0.39 is 15.9 Å². The van der Waals surface area contributed by atoms with E-state index >= 15 is 0 Å². The van der Waals surface area contributed by atoms with Gasteiger partial charge < -0.3 is 5.11 Å². The topological polar surface area (TPSA) is 67.3 Å². The molecule has 72 valence electrons. The van der Waals surface area contributed by atoms with Gasteiger partial charge in [0.15, 0.2) is 9.84 Å². The monoisotopic (exact) mass is 201 g/mol. The third kappa shape index (κ3) is 2.78. The Morgan fingerprint density at radius 3 is 2.77 bits per heavy atom. The minimum atomic E-state index is -3.37. The number of aliphatic hydroxyl groups is 1. The van der Waals surface area contributed by atoms with E-state index in [1.165, 1.54) is 25.4 Å². The van der Waals surface area contributed by atoms with Gasteiger partial charge in [0, 0.05) is 12.4 Å². The molecule has 0 fully saturated rings. The molecule has 13 heavy (non-hydrogen) atoms. The fraction of sp³-hybridized carbons (Fsp3) is 0.375. The molecule has 0 bridgehead atoms. The predicted octanol–water partition coefficient (Wildman–Crippen LogP) is 0.236. The zero-order valence-corrected chi connectivity index (χ0v) is 8.03. The standard InChI is InChI=1S/C8H11NO3S/c1-7(10)6-13(11,12)8-3-2-4-9-5-8/h2-5,7,10H,6H2,1H3. The van der Waals surface area contributed by atoms with E-state index in [0.29, 0.717) is 0 Å². The molecule has 1 aromatic heterocycles. The van der Waals surface area contributed by atoms with Crippen LogP contribution in [0.1, 0.15) is 6.92 Å². The van der Waals surface area contributed by atoms with Crippen LogP contribution in [0.5, 0.6) is 0 Å². The van der Waals surface area contributed by atoms with Crippen LogP contribution in [-0.4, -0.2) is 30.4 Å². The predicted molar refractivity (Wildman–Crippen MR) is 48.0 cm³/mol. The van der Waals surface area contributed by atoms with Crippen LogP contribution in [0.2, 0.25) is 0 Å². The molecular formula is C8H11NO3S. The highest BCUT2D eigenvalue weighted by Crippen LogP contribution is 2.09. The highest BCUT2D eigenvalue weighted by atomic mass is 32.2. The summed E-state index contributed by atoms with van der Waals surface area (Å²) in [5.74, 6) is -0.265. The summed E-state index contributed by atoms with van der Waals surface area (Å²) >= 11 is 0. The van der Waals surface area contributed by atoms with Crippen molar-refractivity contribution in [2.75, 3.05) is 5.75 Å². The van der Waals surface area contributed by atoms with Gasteiger partial charge in [0.2, 0.25) is 0 Å². The molecule has 0 amide bonds. The number of aliphatic hydroxyl groups excluding tert-OH is 1. The minimum Gasteiger partial charge on any atom is -0.392 e. The van der Waals surface area contributed by atoms with Crippen LogP contribution in [0.15, 0.2) is 29.4 Å². The number of nitrogens with zero attached hydrogens (tertiary/aromatic N) is 1. The van der Waals surface area contributed by atoms with E-state index in [0.717, 1.165) is 0 Å². The van der Waals surface area contributed by atoms with Gasteiger partial charge in [-0.1, -0.05) is 0 Å². The largest absolute Gasteiger partial charge is 0.392 e. The summed E-state index contributed by atoms with van der Waals surface area (Å²) in [6.45, 7) is 1.44. The lowest BCUT2D eigenvalue weighted by atomic mass is 10.5.